The summed E-state index contributed by atoms with van der Waals surface area (Å²) in [5.74, 6) is 0. The minimum absolute atomic E-state index is 1.19. The molecule has 0 N–H and O–H groups in total. The Kier molecular flexibility index (Phi) is 36.1. The van der Waals surface area contributed by atoms with E-state index in [0.29, 0.717) is 0 Å². The first-order chi connectivity index (χ1) is 20.7. The molecule has 0 aromatic carbocycles. The number of hydrogen-bond acceptors (Lipinski definition) is 2. The molecule has 2 heteroatoms. The van der Waals surface area contributed by atoms with Crippen molar-refractivity contribution in [1.82, 2.24) is 9.80 Å². The molecule has 2 nitrogen and oxygen atoms in total. The van der Waals surface area contributed by atoms with Gasteiger partial charge in [-0.05, 0) is 91.4 Å². The molecule has 0 aromatic rings. The lowest BCUT2D eigenvalue weighted by Gasteiger charge is -2.24. The van der Waals surface area contributed by atoms with Crippen LogP contribution in [0.4, 0.5) is 0 Å². The average molecular weight is 589 g/mol. The SMILES string of the molecule is CCCCCCCCC=CCCCCCCCCN(CCCCCCCCC=CCCCCCCCC)CCN(C)C. The fourth-order valence-corrected chi connectivity index (χ4v) is 5.84. The van der Waals surface area contributed by atoms with E-state index in [1.165, 1.54) is 206 Å². The smallest absolute Gasteiger partial charge is 0.0109 e. The third kappa shape index (κ3) is 35.6. The maximum Gasteiger partial charge on any atom is 0.0109 e. The molecule has 0 aliphatic rings. The van der Waals surface area contributed by atoms with E-state index in [4.69, 9.17) is 0 Å². The van der Waals surface area contributed by atoms with E-state index in [9.17, 15) is 0 Å². The molecule has 0 spiro atoms. The summed E-state index contributed by atoms with van der Waals surface area (Å²) >= 11 is 0. The van der Waals surface area contributed by atoms with Gasteiger partial charge in [-0.15, -0.1) is 0 Å². The summed E-state index contributed by atoms with van der Waals surface area (Å²) in [6.07, 6.45) is 48.8. The summed E-state index contributed by atoms with van der Waals surface area (Å²) in [5.41, 5.74) is 0. The van der Waals surface area contributed by atoms with E-state index in [2.05, 4.69) is 62.0 Å². The molecule has 0 aliphatic carbocycles. The second kappa shape index (κ2) is 36.6. The van der Waals surface area contributed by atoms with Crippen molar-refractivity contribution in [2.45, 2.75) is 194 Å². The lowest BCUT2D eigenvalue weighted by molar-refractivity contribution is 0.231. The minimum atomic E-state index is 1.19. The van der Waals surface area contributed by atoms with E-state index < -0.39 is 0 Å². The van der Waals surface area contributed by atoms with Gasteiger partial charge in [-0.3, -0.25) is 0 Å². The van der Waals surface area contributed by atoms with Gasteiger partial charge in [-0.2, -0.15) is 0 Å². The fourth-order valence-electron chi connectivity index (χ4n) is 5.84. The highest BCUT2D eigenvalue weighted by atomic mass is 15.2. The molecule has 42 heavy (non-hydrogen) atoms. The van der Waals surface area contributed by atoms with Crippen molar-refractivity contribution < 1.29 is 0 Å². The Balaban J connectivity index is 3.63. The van der Waals surface area contributed by atoms with E-state index in [0.717, 1.165) is 0 Å². The Bertz CT molecular complexity index is 496. The van der Waals surface area contributed by atoms with Gasteiger partial charge in [0.15, 0.2) is 0 Å². The van der Waals surface area contributed by atoms with Gasteiger partial charge < -0.3 is 9.80 Å². The standard InChI is InChI=1S/C40H80N2/c1-5-7-9-11-13-15-17-19-21-23-25-27-29-31-33-35-37-42(40-39-41(3)4)38-36-34-32-30-28-26-24-22-20-18-16-14-12-10-8-6-2/h19-22H,5-18,23-40H2,1-4H3. The molecule has 0 amide bonds. The minimum Gasteiger partial charge on any atom is -0.308 e. The Labute approximate surface area is 267 Å². The van der Waals surface area contributed by atoms with Crippen molar-refractivity contribution in [1.29, 1.82) is 0 Å². The lowest BCUT2D eigenvalue weighted by atomic mass is 10.1. The van der Waals surface area contributed by atoms with E-state index in [1.807, 2.05) is 0 Å². The molecule has 0 rings (SSSR count). The second-order valence-corrected chi connectivity index (χ2v) is 13.5. The summed E-state index contributed by atoms with van der Waals surface area (Å²) in [7, 11) is 4.43. The van der Waals surface area contributed by atoms with Crippen molar-refractivity contribution in [2.24, 2.45) is 0 Å². The van der Waals surface area contributed by atoms with Crippen LogP contribution in [-0.4, -0.2) is 50.1 Å². The Morgan fingerprint density at radius 3 is 0.905 bits per heavy atom. The van der Waals surface area contributed by atoms with Crippen LogP contribution in [0.3, 0.4) is 0 Å². The zero-order valence-electron chi connectivity index (χ0n) is 29.8. The van der Waals surface area contributed by atoms with Crippen LogP contribution in [-0.2, 0) is 0 Å². The number of rotatable bonds is 35. The van der Waals surface area contributed by atoms with Gasteiger partial charge in [0.25, 0.3) is 0 Å². The number of hydrogen-bond donors (Lipinski definition) is 0. The first-order valence-corrected chi connectivity index (χ1v) is 19.4. The maximum atomic E-state index is 2.75. The van der Waals surface area contributed by atoms with E-state index in [-0.39, 0.29) is 0 Å². The van der Waals surface area contributed by atoms with E-state index >= 15 is 0 Å². The third-order valence-corrected chi connectivity index (χ3v) is 8.84. The monoisotopic (exact) mass is 589 g/mol. The van der Waals surface area contributed by atoms with Crippen LogP contribution in [0.1, 0.15) is 194 Å². The van der Waals surface area contributed by atoms with Crippen LogP contribution in [0.15, 0.2) is 24.3 Å². The average Bonchev–Trinajstić information content (AvgIpc) is 2.98. The largest absolute Gasteiger partial charge is 0.308 e. The Hall–Kier alpha value is -0.600. The van der Waals surface area contributed by atoms with Crippen LogP contribution >= 0.6 is 0 Å². The number of nitrogens with zero attached hydrogens (tertiary/aromatic N) is 2. The molecular weight excluding hydrogens is 508 g/mol. The third-order valence-electron chi connectivity index (χ3n) is 8.84. The molecule has 0 atom stereocenters. The quantitative estimate of drug-likeness (QED) is 0.0536. The van der Waals surface area contributed by atoms with Gasteiger partial charge in [-0.1, -0.05) is 154 Å². The van der Waals surface area contributed by atoms with Crippen molar-refractivity contribution >= 4 is 0 Å². The molecule has 0 fully saturated rings. The summed E-state index contributed by atoms with van der Waals surface area (Å²) < 4.78 is 0. The van der Waals surface area contributed by atoms with Gasteiger partial charge in [0.1, 0.15) is 0 Å². The summed E-state index contributed by atoms with van der Waals surface area (Å²) in [6.45, 7) is 9.64. The molecule has 0 radical (unpaired) electrons. The van der Waals surface area contributed by atoms with Crippen LogP contribution in [0.5, 0.6) is 0 Å². The van der Waals surface area contributed by atoms with Crippen molar-refractivity contribution in [3.05, 3.63) is 24.3 Å². The number of likely N-dealkylation sites (N-methyl/N-ethyl adjacent to an activating group) is 1. The molecular formula is C40H80N2. The van der Waals surface area contributed by atoms with Crippen LogP contribution in [0.2, 0.25) is 0 Å². The zero-order chi connectivity index (χ0) is 30.6. The molecule has 250 valence electrons. The molecule has 0 aliphatic heterocycles. The highest BCUT2D eigenvalue weighted by Crippen LogP contribution is 2.13. The van der Waals surface area contributed by atoms with Crippen molar-refractivity contribution in [2.75, 3.05) is 40.3 Å². The van der Waals surface area contributed by atoms with Crippen molar-refractivity contribution in [3.63, 3.8) is 0 Å². The molecule has 0 heterocycles. The van der Waals surface area contributed by atoms with Gasteiger partial charge in [0, 0.05) is 13.1 Å². The zero-order valence-corrected chi connectivity index (χ0v) is 29.8. The van der Waals surface area contributed by atoms with Crippen LogP contribution < -0.4 is 0 Å². The van der Waals surface area contributed by atoms with Crippen molar-refractivity contribution in [3.8, 4) is 0 Å². The molecule has 0 bridgehead atoms. The molecule has 0 saturated heterocycles. The summed E-state index contributed by atoms with van der Waals surface area (Å²) in [5, 5.41) is 0. The first-order valence-electron chi connectivity index (χ1n) is 19.4. The normalized spacial score (nSPS) is 12.2. The van der Waals surface area contributed by atoms with E-state index in [1.54, 1.807) is 0 Å². The maximum absolute atomic E-state index is 2.75. The predicted octanol–water partition coefficient (Wildman–Crippen LogP) is 12.9. The van der Waals surface area contributed by atoms with Crippen LogP contribution in [0, 0.1) is 0 Å². The highest BCUT2D eigenvalue weighted by Gasteiger charge is 2.05. The van der Waals surface area contributed by atoms with Gasteiger partial charge in [-0.25, -0.2) is 0 Å². The first kappa shape index (κ1) is 41.4. The molecule has 0 saturated carbocycles. The summed E-state index contributed by atoms with van der Waals surface area (Å²) in [4.78, 5) is 5.10. The lowest BCUT2D eigenvalue weighted by Crippen LogP contribution is -2.33. The molecule has 0 aromatic heterocycles. The molecule has 0 unspecified atom stereocenters. The van der Waals surface area contributed by atoms with Gasteiger partial charge in [0.2, 0.25) is 0 Å². The second-order valence-electron chi connectivity index (χ2n) is 13.5. The summed E-state index contributed by atoms with van der Waals surface area (Å²) in [6, 6.07) is 0. The van der Waals surface area contributed by atoms with Gasteiger partial charge in [0.05, 0.1) is 0 Å². The number of unbranched alkanes of at least 4 members (excludes halogenated alkanes) is 24. The fraction of sp³-hybridized carbons (Fsp3) is 0.900. The predicted molar refractivity (Wildman–Crippen MR) is 194 cm³/mol. The Morgan fingerprint density at radius 1 is 0.310 bits per heavy atom. The topological polar surface area (TPSA) is 6.48 Å². The van der Waals surface area contributed by atoms with Crippen LogP contribution in [0.25, 0.3) is 0 Å². The highest BCUT2D eigenvalue weighted by molar-refractivity contribution is 4.82. The number of allylic oxidation sites excluding steroid dienone is 4. The van der Waals surface area contributed by atoms with Gasteiger partial charge >= 0.3 is 0 Å². The Morgan fingerprint density at radius 2 is 0.595 bits per heavy atom.